The highest BCUT2D eigenvalue weighted by molar-refractivity contribution is 6.30. The van der Waals surface area contributed by atoms with Gasteiger partial charge in [0, 0.05) is 16.5 Å². The second-order valence-electron chi connectivity index (χ2n) is 13.8. The number of phenolic OH excluding ortho intramolecular Hbond substituents is 1. The lowest BCUT2D eigenvalue weighted by Gasteiger charge is -2.50. The lowest BCUT2D eigenvalue weighted by molar-refractivity contribution is -0.138. The fraction of sp³-hybridized carbons (Fsp3) is 0.238. The van der Waals surface area contributed by atoms with E-state index in [0.29, 0.717) is 33.1 Å². The number of amides is 4. The van der Waals surface area contributed by atoms with Gasteiger partial charge in [-0.05, 0) is 91.4 Å². The van der Waals surface area contributed by atoms with Gasteiger partial charge in [-0.1, -0.05) is 72.3 Å². The molecule has 9 nitrogen and oxygen atoms in total. The molecule has 3 fully saturated rings. The molecule has 0 aromatic heterocycles. The Kier molecular flexibility index (Phi) is 8.45. The van der Waals surface area contributed by atoms with Crippen LogP contribution in [-0.2, 0) is 24.6 Å². The molecule has 0 spiro atoms. The number of hydrogen-bond donors (Lipinski definition) is 2. The quantitative estimate of drug-likeness (QED) is 0.143. The summed E-state index contributed by atoms with van der Waals surface area (Å²) in [7, 11) is 0. The minimum Gasteiger partial charge on any atom is -0.504 e. The SMILES string of the molecule is C=Cc1ccc(N2C(=O)C3CC=C4C(CC5C(=O)N(Nc6ccc(F)cc6)C(=O)C5(c5ccc(Cl)cc5)C4c4cccc(OCC)c4O)C3C2=O)cc1. The predicted octanol–water partition coefficient (Wildman–Crippen LogP) is 7.42. The van der Waals surface area contributed by atoms with Gasteiger partial charge >= 0.3 is 0 Å². The third kappa shape index (κ3) is 5.18. The Hall–Kier alpha value is -5.74. The fourth-order valence-corrected chi connectivity index (χ4v) is 9.18. The van der Waals surface area contributed by atoms with Crippen molar-refractivity contribution in [2.24, 2.45) is 23.7 Å². The van der Waals surface area contributed by atoms with Crippen LogP contribution in [0, 0.1) is 29.5 Å². The van der Waals surface area contributed by atoms with E-state index in [0.717, 1.165) is 10.6 Å². The molecule has 268 valence electrons. The zero-order valence-electron chi connectivity index (χ0n) is 28.7. The number of halogens is 2. The molecule has 2 N–H and O–H groups in total. The Labute approximate surface area is 310 Å². The average molecular weight is 732 g/mol. The van der Waals surface area contributed by atoms with Crippen LogP contribution in [0.5, 0.6) is 11.5 Å². The number of hydrazine groups is 1. The molecule has 1 saturated carbocycles. The van der Waals surface area contributed by atoms with Crippen LogP contribution in [0.2, 0.25) is 5.02 Å². The first-order chi connectivity index (χ1) is 25.6. The molecule has 2 heterocycles. The number of para-hydroxylation sites is 1. The van der Waals surface area contributed by atoms with Crippen molar-refractivity contribution in [1.82, 2.24) is 5.01 Å². The number of hydrogen-bond acceptors (Lipinski definition) is 7. The maximum atomic E-state index is 15.3. The molecule has 0 radical (unpaired) electrons. The molecule has 6 unspecified atom stereocenters. The minimum absolute atomic E-state index is 0.0620. The second kappa shape index (κ2) is 13.0. The maximum absolute atomic E-state index is 15.3. The molecule has 2 aliphatic carbocycles. The molecule has 0 bridgehead atoms. The Morgan fingerprint density at radius 2 is 1.66 bits per heavy atom. The van der Waals surface area contributed by atoms with Gasteiger partial charge in [-0.2, -0.15) is 5.01 Å². The highest BCUT2D eigenvalue weighted by Gasteiger charge is 2.70. The van der Waals surface area contributed by atoms with E-state index in [4.69, 9.17) is 16.3 Å². The molecule has 8 rings (SSSR count). The standard InChI is InChI=1S/C42H35ClFN3O6/c1-3-23-8-18-28(19-9-23)46-38(49)30-21-20-29-32(35(30)40(46)51)22-33-39(50)47(45-27-16-14-26(44)15-17-27)41(52)42(33,24-10-12-25(43)13-11-24)36(29)31-6-5-7-34(37(31)48)53-4-2/h3,5-20,30,32-33,35-36,45,48H,1,4,21-22H2,2H3. The third-order valence-electron chi connectivity index (χ3n) is 11.3. The molecule has 53 heavy (non-hydrogen) atoms. The van der Waals surface area contributed by atoms with E-state index in [1.54, 1.807) is 79.7 Å². The second-order valence-corrected chi connectivity index (χ2v) is 14.2. The number of nitrogens with zero attached hydrogens (tertiary/aromatic N) is 2. The smallest absolute Gasteiger partial charge is 0.260 e. The van der Waals surface area contributed by atoms with E-state index < -0.39 is 52.6 Å². The molecule has 11 heteroatoms. The van der Waals surface area contributed by atoms with Crippen LogP contribution in [0.3, 0.4) is 0 Å². The number of ether oxygens (including phenoxy) is 1. The van der Waals surface area contributed by atoms with Gasteiger partial charge in [-0.15, -0.1) is 0 Å². The number of phenols is 1. The van der Waals surface area contributed by atoms with Crippen LogP contribution in [0.25, 0.3) is 6.08 Å². The van der Waals surface area contributed by atoms with Gasteiger partial charge in [0.1, 0.15) is 5.82 Å². The van der Waals surface area contributed by atoms with Gasteiger partial charge < -0.3 is 9.84 Å². The zero-order valence-corrected chi connectivity index (χ0v) is 29.4. The summed E-state index contributed by atoms with van der Waals surface area (Å²) >= 11 is 6.37. The molecule has 4 amide bonds. The number of anilines is 2. The number of fused-ring (bicyclic) bond motifs is 4. The van der Waals surface area contributed by atoms with Crippen LogP contribution >= 0.6 is 11.6 Å². The summed E-state index contributed by atoms with van der Waals surface area (Å²) in [6.07, 6.45) is 3.87. The predicted molar refractivity (Wildman–Crippen MR) is 197 cm³/mol. The van der Waals surface area contributed by atoms with E-state index in [9.17, 15) is 23.9 Å². The van der Waals surface area contributed by atoms with E-state index in [2.05, 4.69) is 12.0 Å². The van der Waals surface area contributed by atoms with Gasteiger partial charge in [0.2, 0.25) is 11.8 Å². The van der Waals surface area contributed by atoms with E-state index in [-0.39, 0.29) is 42.8 Å². The lowest BCUT2D eigenvalue weighted by Crippen LogP contribution is -2.53. The molecular weight excluding hydrogens is 697 g/mol. The topological polar surface area (TPSA) is 116 Å². The van der Waals surface area contributed by atoms with Crippen molar-refractivity contribution < 1.29 is 33.4 Å². The first-order valence-electron chi connectivity index (χ1n) is 17.5. The van der Waals surface area contributed by atoms with E-state index in [1.807, 2.05) is 6.08 Å². The van der Waals surface area contributed by atoms with Crippen molar-refractivity contribution in [3.63, 3.8) is 0 Å². The maximum Gasteiger partial charge on any atom is 0.260 e. The van der Waals surface area contributed by atoms with Crippen molar-refractivity contribution in [2.45, 2.75) is 31.1 Å². The Balaban J connectivity index is 1.33. The normalized spacial score (nSPS) is 26.2. The first kappa shape index (κ1) is 34.4. The van der Waals surface area contributed by atoms with Crippen molar-refractivity contribution in [2.75, 3.05) is 16.9 Å². The van der Waals surface area contributed by atoms with E-state index >= 15 is 4.79 Å². The van der Waals surface area contributed by atoms with Crippen molar-refractivity contribution in [3.8, 4) is 11.5 Å². The van der Waals surface area contributed by atoms with Crippen LogP contribution in [0.4, 0.5) is 15.8 Å². The lowest BCUT2D eigenvalue weighted by atomic mass is 9.49. The van der Waals surface area contributed by atoms with Crippen molar-refractivity contribution >= 4 is 52.7 Å². The molecule has 6 atom stereocenters. The summed E-state index contributed by atoms with van der Waals surface area (Å²) in [5, 5.41) is 13.3. The molecule has 2 aliphatic heterocycles. The van der Waals surface area contributed by atoms with Gasteiger partial charge in [-0.3, -0.25) is 29.5 Å². The fourth-order valence-electron chi connectivity index (χ4n) is 9.06. The summed E-state index contributed by atoms with van der Waals surface area (Å²) in [5.41, 5.74) is 4.37. The van der Waals surface area contributed by atoms with Crippen LogP contribution < -0.4 is 15.1 Å². The van der Waals surface area contributed by atoms with Gasteiger partial charge in [0.15, 0.2) is 11.5 Å². The molecule has 4 aromatic rings. The summed E-state index contributed by atoms with van der Waals surface area (Å²) in [4.78, 5) is 60.0. The molecular formula is C42H35ClFN3O6. The number of aromatic hydroxyl groups is 1. The number of rotatable bonds is 8. The summed E-state index contributed by atoms with van der Waals surface area (Å²) in [6, 6.07) is 24.0. The molecule has 4 aliphatic rings. The van der Waals surface area contributed by atoms with E-state index in [1.165, 1.54) is 29.2 Å². The largest absolute Gasteiger partial charge is 0.504 e. The summed E-state index contributed by atoms with van der Waals surface area (Å²) in [6.45, 7) is 5.83. The van der Waals surface area contributed by atoms with Crippen LogP contribution in [-0.4, -0.2) is 40.4 Å². The van der Waals surface area contributed by atoms with Gasteiger partial charge in [-0.25, -0.2) is 4.39 Å². The van der Waals surface area contributed by atoms with Crippen LogP contribution in [0.15, 0.2) is 109 Å². The average Bonchev–Trinajstić information content (AvgIpc) is 3.54. The minimum atomic E-state index is -1.64. The number of allylic oxidation sites excluding steroid dienone is 2. The number of imide groups is 2. The summed E-state index contributed by atoms with van der Waals surface area (Å²) < 4.78 is 19.7. The van der Waals surface area contributed by atoms with Crippen LogP contribution in [0.1, 0.15) is 42.4 Å². The summed E-state index contributed by atoms with van der Waals surface area (Å²) in [5.74, 6) is -6.56. The molecule has 2 saturated heterocycles. The highest BCUT2D eigenvalue weighted by Crippen LogP contribution is 2.65. The van der Waals surface area contributed by atoms with Crippen molar-refractivity contribution in [3.05, 3.63) is 137 Å². The first-order valence-corrected chi connectivity index (χ1v) is 17.9. The third-order valence-corrected chi connectivity index (χ3v) is 11.5. The Morgan fingerprint density at radius 1 is 0.943 bits per heavy atom. The molecule has 4 aromatic carbocycles. The Morgan fingerprint density at radius 3 is 2.34 bits per heavy atom. The van der Waals surface area contributed by atoms with Gasteiger partial charge in [0.05, 0.1) is 41.2 Å². The number of nitrogens with one attached hydrogen (secondary N) is 1. The zero-order chi connectivity index (χ0) is 37.2. The highest BCUT2D eigenvalue weighted by atomic mass is 35.5. The number of benzene rings is 4. The van der Waals surface area contributed by atoms with Gasteiger partial charge in [0.25, 0.3) is 11.8 Å². The number of carbonyl (C=O) groups is 4. The Bertz CT molecular complexity index is 2210. The van der Waals surface area contributed by atoms with Crippen molar-refractivity contribution in [1.29, 1.82) is 0 Å². The monoisotopic (exact) mass is 731 g/mol. The number of carbonyl (C=O) groups excluding carboxylic acids is 4.